The summed E-state index contributed by atoms with van der Waals surface area (Å²) in [5.41, 5.74) is -0.454. The number of hydrogen-bond donors (Lipinski definition) is 1. The Labute approximate surface area is 121 Å². The molecule has 0 spiro atoms. The molecule has 0 saturated heterocycles. The molecule has 2 unspecified atom stereocenters. The van der Waals surface area contributed by atoms with Crippen molar-refractivity contribution in [3.8, 4) is 0 Å². The molecule has 1 aliphatic carbocycles. The third kappa shape index (κ3) is 2.62. The standard InChI is InChI=1S/C13H16ClNO3S/c1-13(2)9(10(13)12(17)18)11(16)15(3)6-7-4-5-8(14)19-7/h4-5,9-10H,6H2,1-3H3,(H,17,18). The second kappa shape index (κ2) is 4.80. The number of amides is 1. The summed E-state index contributed by atoms with van der Waals surface area (Å²) in [4.78, 5) is 25.9. The van der Waals surface area contributed by atoms with Crippen molar-refractivity contribution in [2.24, 2.45) is 17.3 Å². The number of carboxylic acids is 1. The molecule has 1 aliphatic rings. The van der Waals surface area contributed by atoms with E-state index >= 15 is 0 Å². The molecular weight excluding hydrogens is 286 g/mol. The van der Waals surface area contributed by atoms with Gasteiger partial charge in [-0.15, -0.1) is 11.3 Å². The summed E-state index contributed by atoms with van der Waals surface area (Å²) in [5.74, 6) is -2.00. The van der Waals surface area contributed by atoms with E-state index in [1.165, 1.54) is 11.3 Å². The Hall–Kier alpha value is -1.07. The van der Waals surface area contributed by atoms with Crippen LogP contribution in [-0.2, 0) is 16.1 Å². The smallest absolute Gasteiger partial charge is 0.307 e. The van der Waals surface area contributed by atoms with E-state index in [-0.39, 0.29) is 5.91 Å². The van der Waals surface area contributed by atoms with Crippen molar-refractivity contribution in [2.45, 2.75) is 20.4 Å². The van der Waals surface area contributed by atoms with Crippen molar-refractivity contribution >= 4 is 34.8 Å². The molecular formula is C13H16ClNO3S. The van der Waals surface area contributed by atoms with Crippen LogP contribution in [0, 0.1) is 17.3 Å². The molecule has 4 nitrogen and oxygen atoms in total. The fourth-order valence-electron chi connectivity index (χ4n) is 2.55. The number of carbonyl (C=O) groups excluding carboxylic acids is 1. The van der Waals surface area contributed by atoms with Gasteiger partial charge in [-0.2, -0.15) is 0 Å². The van der Waals surface area contributed by atoms with Crippen molar-refractivity contribution < 1.29 is 14.7 Å². The van der Waals surface area contributed by atoms with Crippen molar-refractivity contribution in [2.75, 3.05) is 7.05 Å². The summed E-state index contributed by atoms with van der Waals surface area (Å²) < 4.78 is 0.686. The van der Waals surface area contributed by atoms with Crippen LogP contribution in [0.4, 0.5) is 0 Å². The van der Waals surface area contributed by atoms with Gasteiger partial charge in [0.05, 0.1) is 22.7 Å². The molecule has 1 N–H and O–H groups in total. The SMILES string of the molecule is CN(Cc1ccc(Cl)s1)C(=O)C1C(C(=O)O)C1(C)C. The first kappa shape index (κ1) is 14.3. The minimum absolute atomic E-state index is 0.109. The maximum atomic E-state index is 12.3. The topological polar surface area (TPSA) is 57.6 Å². The summed E-state index contributed by atoms with van der Waals surface area (Å²) in [5, 5.41) is 9.10. The molecule has 104 valence electrons. The van der Waals surface area contributed by atoms with Crippen LogP contribution in [-0.4, -0.2) is 28.9 Å². The highest BCUT2D eigenvalue weighted by molar-refractivity contribution is 7.16. The summed E-state index contributed by atoms with van der Waals surface area (Å²) in [7, 11) is 1.70. The maximum absolute atomic E-state index is 12.3. The number of carboxylic acid groups (broad SMARTS) is 1. The van der Waals surface area contributed by atoms with E-state index < -0.39 is 23.2 Å². The summed E-state index contributed by atoms with van der Waals surface area (Å²) in [6, 6.07) is 3.67. The fourth-order valence-corrected chi connectivity index (χ4v) is 3.69. The van der Waals surface area contributed by atoms with Crippen LogP contribution in [0.2, 0.25) is 4.34 Å². The lowest BCUT2D eigenvalue weighted by atomic mass is 10.1. The number of hydrogen-bond acceptors (Lipinski definition) is 3. The normalized spacial score (nSPS) is 24.0. The first-order valence-corrected chi connectivity index (χ1v) is 7.16. The van der Waals surface area contributed by atoms with E-state index in [0.29, 0.717) is 10.9 Å². The van der Waals surface area contributed by atoms with Gasteiger partial charge in [0.2, 0.25) is 5.91 Å². The molecule has 1 aromatic rings. The van der Waals surface area contributed by atoms with Crippen LogP contribution < -0.4 is 0 Å². The maximum Gasteiger partial charge on any atom is 0.307 e. The van der Waals surface area contributed by atoms with Crippen LogP contribution >= 0.6 is 22.9 Å². The quantitative estimate of drug-likeness (QED) is 0.930. The van der Waals surface area contributed by atoms with E-state index in [4.69, 9.17) is 16.7 Å². The number of carbonyl (C=O) groups is 2. The van der Waals surface area contributed by atoms with Crippen molar-refractivity contribution in [3.05, 3.63) is 21.3 Å². The second-order valence-corrected chi connectivity index (χ2v) is 7.31. The minimum atomic E-state index is -0.893. The van der Waals surface area contributed by atoms with E-state index in [9.17, 15) is 9.59 Å². The van der Waals surface area contributed by atoms with Gasteiger partial charge in [-0.3, -0.25) is 9.59 Å². The molecule has 1 heterocycles. The third-order valence-electron chi connectivity index (χ3n) is 3.76. The highest BCUT2D eigenvalue weighted by Crippen LogP contribution is 2.59. The van der Waals surface area contributed by atoms with E-state index in [1.807, 2.05) is 19.9 Å². The monoisotopic (exact) mass is 301 g/mol. The molecule has 6 heteroatoms. The zero-order valence-electron chi connectivity index (χ0n) is 11.0. The van der Waals surface area contributed by atoms with Crippen LogP contribution in [0.15, 0.2) is 12.1 Å². The minimum Gasteiger partial charge on any atom is -0.481 e. The molecule has 1 fully saturated rings. The molecule has 2 atom stereocenters. The highest BCUT2D eigenvalue weighted by Gasteiger charge is 2.66. The van der Waals surface area contributed by atoms with Gasteiger partial charge in [0, 0.05) is 11.9 Å². The average molecular weight is 302 g/mol. The van der Waals surface area contributed by atoms with Gasteiger partial charge in [0.25, 0.3) is 0 Å². The van der Waals surface area contributed by atoms with Crippen LogP contribution in [0.5, 0.6) is 0 Å². The molecule has 0 aromatic carbocycles. The first-order valence-electron chi connectivity index (χ1n) is 5.97. The molecule has 1 aromatic heterocycles. The number of nitrogens with zero attached hydrogens (tertiary/aromatic N) is 1. The summed E-state index contributed by atoms with van der Waals surface area (Å²) in [6.07, 6.45) is 0. The van der Waals surface area contributed by atoms with Gasteiger partial charge < -0.3 is 10.0 Å². The summed E-state index contributed by atoms with van der Waals surface area (Å²) >= 11 is 7.27. The van der Waals surface area contributed by atoms with Crippen molar-refractivity contribution in [1.29, 1.82) is 0 Å². The van der Waals surface area contributed by atoms with Gasteiger partial charge in [-0.1, -0.05) is 25.4 Å². The number of thiophene rings is 1. The Bertz CT molecular complexity index is 526. The Balaban J connectivity index is 2.03. The Morgan fingerprint density at radius 1 is 1.42 bits per heavy atom. The van der Waals surface area contributed by atoms with Gasteiger partial charge in [0.15, 0.2) is 0 Å². The largest absolute Gasteiger partial charge is 0.481 e. The van der Waals surface area contributed by atoms with Crippen molar-refractivity contribution in [1.82, 2.24) is 4.90 Å². The molecule has 19 heavy (non-hydrogen) atoms. The van der Waals surface area contributed by atoms with Crippen LogP contribution in [0.1, 0.15) is 18.7 Å². The molecule has 1 amide bonds. The first-order chi connectivity index (χ1) is 8.75. The Morgan fingerprint density at radius 3 is 2.47 bits per heavy atom. The fraction of sp³-hybridized carbons (Fsp3) is 0.538. The molecule has 0 aliphatic heterocycles. The molecule has 1 saturated carbocycles. The average Bonchev–Trinajstić information content (AvgIpc) is 2.63. The van der Waals surface area contributed by atoms with Gasteiger partial charge >= 0.3 is 5.97 Å². The van der Waals surface area contributed by atoms with Crippen molar-refractivity contribution in [3.63, 3.8) is 0 Å². The van der Waals surface area contributed by atoms with Gasteiger partial charge in [0.1, 0.15) is 0 Å². The second-order valence-electron chi connectivity index (χ2n) is 5.52. The molecule has 0 radical (unpaired) electrons. The number of aliphatic carboxylic acids is 1. The lowest BCUT2D eigenvalue weighted by Gasteiger charge is -2.17. The van der Waals surface area contributed by atoms with E-state index in [0.717, 1.165) is 4.88 Å². The molecule has 2 rings (SSSR count). The highest BCUT2D eigenvalue weighted by atomic mass is 35.5. The Kier molecular flexibility index (Phi) is 3.62. The van der Waals surface area contributed by atoms with E-state index in [1.54, 1.807) is 18.0 Å². The predicted octanol–water partition coefficient (Wildman–Crippen LogP) is 2.72. The zero-order valence-corrected chi connectivity index (χ0v) is 12.6. The lowest BCUT2D eigenvalue weighted by Crippen LogP contribution is -2.29. The van der Waals surface area contributed by atoms with E-state index in [2.05, 4.69) is 0 Å². The number of halogens is 1. The number of rotatable bonds is 4. The molecule has 0 bridgehead atoms. The Morgan fingerprint density at radius 2 is 2.05 bits per heavy atom. The van der Waals surface area contributed by atoms with Crippen LogP contribution in [0.25, 0.3) is 0 Å². The third-order valence-corrected chi connectivity index (χ3v) is 4.97. The predicted molar refractivity (Wildman–Crippen MR) is 74.2 cm³/mol. The summed E-state index contributed by atoms with van der Waals surface area (Å²) in [6.45, 7) is 4.11. The van der Waals surface area contributed by atoms with Gasteiger partial charge in [-0.25, -0.2) is 0 Å². The van der Waals surface area contributed by atoms with Crippen LogP contribution in [0.3, 0.4) is 0 Å². The van der Waals surface area contributed by atoms with Gasteiger partial charge in [-0.05, 0) is 17.5 Å². The lowest BCUT2D eigenvalue weighted by molar-refractivity contribution is -0.141. The zero-order chi connectivity index (χ0) is 14.4.